The first-order valence-electron chi connectivity index (χ1n) is 8.89. The lowest BCUT2D eigenvalue weighted by Gasteiger charge is -2.19. The molecule has 4 rings (SSSR count). The van der Waals surface area contributed by atoms with Crippen molar-refractivity contribution in [2.24, 2.45) is 0 Å². The minimum absolute atomic E-state index is 0.207. The van der Waals surface area contributed by atoms with Crippen LogP contribution in [0.15, 0.2) is 30.3 Å². The maximum atomic E-state index is 12.5. The fourth-order valence-corrected chi connectivity index (χ4v) is 3.02. The zero-order valence-corrected chi connectivity index (χ0v) is 15.1. The Morgan fingerprint density at radius 1 is 0.926 bits per heavy atom. The van der Waals surface area contributed by atoms with Gasteiger partial charge in [-0.2, -0.15) is 0 Å². The first kappa shape index (κ1) is 17.3. The molecule has 7 heteroatoms. The van der Waals surface area contributed by atoms with Gasteiger partial charge >= 0.3 is 0 Å². The van der Waals surface area contributed by atoms with E-state index in [2.05, 4.69) is 5.32 Å². The quantitative estimate of drug-likeness (QED) is 0.890. The predicted octanol–water partition coefficient (Wildman–Crippen LogP) is 2.56. The Kier molecular flexibility index (Phi) is 4.91. The van der Waals surface area contributed by atoms with Crippen molar-refractivity contribution in [3.05, 3.63) is 41.5 Å². The number of ether oxygens (including phenoxy) is 5. The molecule has 2 aliphatic rings. The standard InChI is InChI=1S/C20H21NO6/c1-23-16-11-19-18(24-5-2-6-25-19)10-14(16)12-21-20(22)13-3-4-15-17(9-13)27-8-7-26-15/h3-4,9-11H,2,5-8,12H2,1H3,(H,21,22). The summed E-state index contributed by atoms with van der Waals surface area (Å²) in [6.07, 6.45) is 0.827. The molecule has 0 spiro atoms. The molecule has 2 aliphatic heterocycles. The summed E-state index contributed by atoms with van der Waals surface area (Å²) >= 11 is 0. The van der Waals surface area contributed by atoms with E-state index in [4.69, 9.17) is 23.7 Å². The number of benzene rings is 2. The van der Waals surface area contributed by atoms with Gasteiger partial charge < -0.3 is 29.0 Å². The molecule has 0 radical (unpaired) electrons. The minimum atomic E-state index is -0.207. The van der Waals surface area contributed by atoms with E-state index in [1.807, 2.05) is 6.07 Å². The first-order valence-corrected chi connectivity index (χ1v) is 8.89. The molecule has 27 heavy (non-hydrogen) atoms. The van der Waals surface area contributed by atoms with Gasteiger partial charge in [-0.3, -0.25) is 4.79 Å². The highest BCUT2D eigenvalue weighted by atomic mass is 16.6. The molecule has 0 aliphatic carbocycles. The smallest absolute Gasteiger partial charge is 0.251 e. The van der Waals surface area contributed by atoms with Crippen molar-refractivity contribution < 1.29 is 28.5 Å². The molecular formula is C20H21NO6. The van der Waals surface area contributed by atoms with Gasteiger partial charge in [0, 0.05) is 30.2 Å². The molecule has 0 saturated carbocycles. The molecule has 1 amide bonds. The topological polar surface area (TPSA) is 75.3 Å². The summed E-state index contributed by atoms with van der Waals surface area (Å²) in [5.74, 6) is 3.00. The zero-order valence-electron chi connectivity index (χ0n) is 15.1. The van der Waals surface area contributed by atoms with Gasteiger partial charge in [0.1, 0.15) is 19.0 Å². The van der Waals surface area contributed by atoms with Crippen LogP contribution in [0.2, 0.25) is 0 Å². The van der Waals surface area contributed by atoms with Crippen LogP contribution in [0.25, 0.3) is 0 Å². The SMILES string of the molecule is COc1cc2c(cc1CNC(=O)c1ccc3c(c1)OCCO3)OCCCO2. The molecule has 0 unspecified atom stereocenters. The van der Waals surface area contributed by atoms with Crippen LogP contribution in [-0.2, 0) is 6.54 Å². The van der Waals surface area contributed by atoms with Crippen LogP contribution in [0.3, 0.4) is 0 Å². The van der Waals surface area contributed by atoms with Crippen LogP contribution in [-0.4, -0.2) is 39.4 Å². The summed E-state index contributed by atoms with van der Waals surface area (Å²) in [5.41, 5.74) is 1.32. The number of methoxy groups -OCH3 is 1. The van der Waals surface area contributed by atoms with E-state index < -0.39 is 0 Å². The molecule has 2 aromatic carbocycles. The van der Waals surface area contributed by atoms with Crippen LogP contribution in [0, 0.1) is 0 Å². The van der Waals surface area contributed by atoms with Gasteiger partial charge in [-0.05, 0) is 24.3 Å². The normalized spacial score (nSPS) is 14.9. The first-order chi connectivity index (χ1) is 13.2. The van der Waals surface area contributed by atoms with Gasteiger partial charge in [0.05, 0.1) is 20.3 Å². The number of hydrogen-bond donors (Lipinski definition) is 1. The Labute approximate surface area is 157 Å². The second kappa shape index (κ2) is 7.65. The van der Waals surface area contributed by atoms with Crippen molar-refractivity contribution in [2.45, 2.75) is 13.0 Å². The molecule has 1 N–H and O–H groups in total. The van der Waals surface area contributed by atoms with Crippen molar-refractivity contribution in [3.8, 4) is 28.7 Å². The van der Waals surface area contributed by atoms with E-state index in [9.17, 15) is 4.79 Å². The lowest BCUT2D eigenvalue weighted by Crippen LogP contribution is -2.23. The number of nitrogens with one attached hydrogen (secondary N) is 1. The van der Waals surface area contributed by atoms with Gasteiger partial charge in [-0.25, -0.2) is 0 Å². The number of rotatable bonds is 4. The summed E-state index contributed by atoms with van der Waals surface area (Å²) in [6, 6.07) is 8.80. The van der Waals surface area contributed by atoms with Crippen molar-refractivity contribution in [1.29, 1.82) is 0 Å². The van der Waals surface area contributed by atoms with Crippen LogP contribution in [0.1, 0.15) is 22.3 Å². The molecule has 2 heterocycles. The predicted molar refractivity (Wildman–Crippen MR) is 97.2 cm³/mol. The highest BCUT2D eigenvalue weighted by Gasteiger charge is 2.18. The number of fused-ring (bicyclic) bond motifs is 2. The van der Waals surface area contributed by atoms with Crippen LogP contribution >= 0.6 is 0 Å². The second-order valence-electron chi connectivity index (χ2n) is 6.20. The molecular weight excluding hydrogens is 350 g/mol. The maximum absolute atomic E-state index is 12.5. The van der Waals surface area contributed by atoms with Gasteiger partial charge in [0.15, 0.2) is 23.0 Å². The average Bonchev–Trinajstić information content (AvgIpc) is 2.95. The Balaban J connectivity index is 1.49. The molecule has 0 atom stereocenters. The third-order valence-corrected chi connectivity index (χ3v) is 4.39. The van der Waals surface area contributed by atoms with Gasteiger partial charge in [-0.1, -0.05) is 0 Å². The van der Waals surface area contributed by atoms with Gasteiger partial charge in [-0.15, -0.1) is 0 Å². The zero-order chi connectivity index (χ0) is 18.6. The van der Waals surface area contributed by atoms with Crippen LogP contribution in [0.5, 0.6) is 28.7 Å². The maximum Gasteiger partial charge on any atom is 0.251 e. The molecule has 142 valence electrons. The summed E-state index contributed by atoms with van der Waals surface area (Å²) in [6.45, 7) is 2.50. The second-order valence-corrected chi connectivity index (χ2v) is 6.20. The Hall–Kier alpha value is -3.09. The molecule has 0 saturated heterocycles. The van der Waals surface area contributed by atoms with Crippen LogP contribution in [0.4, 0.5) is 0 Å². The third kappa shape index (κ3) is 3.72. The molecule has 0 fully saturated rings. The van der Waals surface area contributed by atoms with E-state index in [0.717, 1.165) is 12.0 Å². The number of amides is 1. The van der Waals surface area contributed by atoms with Crippen molar-refractivity contribution in [3.63, 3.8) is 0 Å². The number of carbonyl (C=O) groups is 1. The molecule has 0 bridgehead atoms. The highest BCUT2D eigenvalue weighted by molar-refractivity contribution is 5.94. The fourth-order valence-electron chi connectivity index (χ4n) is 3.02. The van der Waals surface area contributed by atoms with Crippen molar-refractivity contribution in [1.82, 2.24) is 5.32 Å². The lowest BCUT2D eigenvalue weighted by atomic mass is 10.1. The van der Waals surface area contributed by atoms with E-state index in [1.54, 1.807) is 31.4 Å². The average molecular weight is 371 g/mol. The summed E-state index contributed by atoms with van der Waals surface area (Å²) < 4.78 is 27.8. The monoisotopic (exact) mass is 371 g/mol. The van der Waals surface area contributed by atoms with E-state index in [-0.39, 0.29) is 5.91 Å². The Morgan fingerprint density at radius 3 is 2.37 bits per heavy atom. The number of hydrogen-bond acceptors (Lipinski definition) is 6. The Bertz CT molecular complexity index is 851. The number of carbonyl (C=O) groups excluding carboxylic acids is 1. The molecule has 7 nitrogen and oxygen atoms in total. The Morgan fingerprint density at radius 2 is 1.59 bits per heavy atom. The van der Waals surface area contributed by atoms with Crippen LogP contribution < -0.4 is 29.0 Å². The summed E-state index contributed by atoms with van der Waals surface area (Å²) in [5, 5.41) is 2.91. The van der Waals surface area contributed by atoms with Crippen molar-refractivity contribution >= 4 is 5.91 Å². The fraction of sp³-hybridized carbons (Fsp3) is 0.350. The van der Waals surface area contributed by atoms with E-state index in [0.29, 0.717) is 67.3 Å². The highest BCUT2D eigenvalue weighted by Crippen LogP contribution is 2.36. The van der Waals surface area contributed by atoms with Gasteiger partial charge in [0.2, 0.25) is 0 Å². The minimum Gasteiger partial charge on any atom is -0.496 e. The third-order valence-electron chi connectivity index (χ3n) is 4.39. The van der Waals surface area contributed by atoms with E-state index >= 15 is 0 Å². The summed E-state index contributed by atoms with van der Waals surface area (Å²) in [7, 11) is 1.59. The molecule has 0 aromatic heterocycles. The molecule has 2 aromatic rings. The van der Waals surface area contributed by atoms with Crippen molar-refractivity contribution in [2.75, 3.05) is 33.5 Å². The summed E-state index contributed by atoms with van der Waals surface area (Å²) in [4.78, 5) is 12.5. The largest absolute Gasteiger partial charge is 0.496 e. The van der Waals surface area contributed by atoms with E-state index in [1.165, 1.54) is 0 Å². The lowest BCUT2D eigenvalue weighted by molar-refractivity contribution is 0.0949. The van der Waals surface area contributed by atoms with Gasteiger partial charge in [0.25, 0.3) is 5.91 Å².